The summed E-state index contributed by atoms with van der Waals surface area (Å²) in [5.41, 5.74) is 1.98. The first kappa shape index (κ1) is 12.0. The van der Waals surface area contributed by atoms with E-state index in [0.717, 1.165) is 15.9 Å². The summed E-state index contributed by atoms with van der Waals surface area (Å²) in [6.45, 7) is 3.63. The molecule has 0 amide bonds. The molecule has 0 atom stereocenters. The summed E-state index contributed by atoms with van der Waals surface area (Å²) in [4.78, 5) is 10.9. The third-order valence-corrected chi connectivity index (χ3v) is 3.71. The third-order valence-electron chi connectivity index (χ3n) is 2.56. The van der Waals surface area contributed by atoms with E-state index in [9.17, 15) is 9.18 Å². The fraction of sp³-hybridized carbons (Fsp3) is 0.167. The van der Waals surface area contributed by atoms with Gasteiger partial charge in [-0.05, 0) is 41.9 Å². The van der Waals surface area contributed by atoms with Crippen molar-refractivity contribution < 1.29 is 9.18 Å². The Labute approximate surface area is 106 Å². The van der Waals surface area contributed by atoms with E-state index in [-0.39, 0.29) is 11.3 Å². The van der Waals surface area contributed by atoms with Crippen LogP contribution >= 0.6 is 15.9 Å². The summed E-state index contributed by atoms with van der Waals surface area (Å²) in [5.74, 6) is -0.465. The molecule has 2 aromatic rings. The van der Waals surface area contributed by atoms with Crippen molar-refractivity contribution in [3.63, 3.8) is 0 Å². The summed E-state index contributed by atoms with van der Waals surface area (Å²) in [5, 5.41) is 4.22. The first-order valence-electron chi connectivity index (χ1n) is 5.02. The van der Waals surface area contributed by atoms with Gasteiger partial charge in [-0.25, -0.2) is 9.07 Å². The molecule has 1 heterocycles. The number of halogens is 2. The molecular formula is C12H10BrFN2O. The molecule has 2 rings (SSSR count). The lowest BCUT2D eigenvalue weighted by Crippen LogP contribution is -2.06. The van der Waals surface area contributed by atoms with Crippen molar-refractivity contribution in [2.75, 3.05) is 0 Å². The van der Waals surface area contributed by atoms with E-state index in [1.807, 2.05) is 13.8 Å². The third kappa shape index (κ3) is 1.91. The molecule has 0 bridgehead atoms. The van der Waals surface area contributed by atoms with Crippen LogP contribution < -0.4 is 0 Å². The lowest BCUT2D eigenvalue weighted by atomic mass is 10.2. The van der Waals surface area contributed by atoms with Gasteiger partial charge in [-0.2, -0.15) is 5.10 Å². The molecule has 0 spiro atoms. The molecule has 17 heavy (non-hydrogen) atoms. The summed E-state index contributed by atoms with van der Waals surface area (Å²) < 4.78 is 16.1. The predicted octanol–water partition coefficient (Wildman–Crippen LogP) is 3.20. The van der Waals surface area contributed by atoms with Gasteiger partial charge in [0.1, 0.15) is 11.5 Å². The summed E-state index contributed by atoms with van der Waals surface area (Å²) in [7, 11) is 0. The van der Waals surface area contributed by atoms with E-state index >= 15 is 0 Å². The van der Waals surface area contributed by atoms with Crippen molar-refractivity contribution in [3.8, 4) is 5.69 Å². The molecule has 0 saturated carbocycles. The Morgan fingerprint density at radius 1 is 1.41 bits per heavy atom. The first-order chi connectivity index (χ1) is 8.06. The van der Waals surface area contributed by atoms with E-state index in [2.05, 4.69) is 21.0 Å². The van der Waals surface area contributed by atoms with E-state index < -0.39 is 5.82 Å². The Morgan fingerprint density at radius 3 is 2.65 bits per heavy atom. The number of para-hydroxylation sites is 1. The molecule has 0 aliphatic carbocycles. The van der Waals surface area contributed by atoms with E-state index in [1.165, 1.54) is 16.8 Å². The molecule has 0 aliphatic rings. The molecule has 0 fully saturated rings. The van der Waals surface area contributed by atoms with E-state index in [0.29, 0.717) is 6.29 Å². The summed E-state index contributed by atoms with van der Waals surface area (Å²) in [6, 6.07) is 4.38. The van der Waals surface area contributed by atoms with Gasteiger partial charge < -0.3 is 0 Å². The highest BCUT2D eigenvalue weighted by molar-refractivity contribution is 9.10. The minimum Gasteiger partial charge on any atom is -0.298 e. The van der Waals surface area contributed by atoms with Gasteiger partial charge in [-0.15, -0.1) is 0 Å². The Kier molecular flexibility index (Phi) is 3.11. The molecule has 0 aliphatic heterocycles. The topological polar surface area (TPSA) is 34.9 Å². The average Bonchev–Trinajstić information content (AvgIpc) is 2.56. The van der Waals surface area contributed by atoms with Gasteiger partial charge in [0.25, 0.3) is 0 Å². The van der Waals surface area contributed by atoms with E-state index in [4.69, 9.17) is 0 Å². The average molecular weight is 297 g/mol. The number of aryl methyl sites for hydroxylation is 1. The minimum atomic E-state index is -0.465. The maximum atomic E-state index is 13.8. The highest BCUT2D eigenvalue weighted by Crippen LogP contribution is 2.25. The standard InChI is InChI=1S/C12H10BrFN2O/c1-7-11(13)8(2)16(15-7)12-9(6-17)4-3-5-10(12)14/h3-6H,1-2H3. The van der Waals surface area contributed by atoms with Crippen LogP contribution in [0.2, 0.25) is 0 Å². The van der Waals surface area contributed by atoms with Crippen molar-refractivity contribution in [2.24, 2.45) is 0 Å². The highest BCUT2D eigenvalue weighted by atomic mass is 79.9. The number of rotatable bonds is 2. The summed E-state index contributed by atoms with van der Waals surface area (Å²) in [6.07, 6.45) is 0.628. The molecule has 0 N–H and O–H groups in total. The minimum absolute atomic E-state index is 0.189. The van der Waals surface area contributed by atoms with Crippen molar-refractivity contribution >= 4 is 22.2 Å². The van der Waals surface area contributed by atoms with Gasteiger partial charge in [0.05, 0.1) is 15.9 Å². The fourth-order valence-electron chi connectivity index (χ4n) is 1.69. The normalized spacial score (nSPS) is 10.6. The number of benzene rings is 1. The number of aldehydes is 1. The van der Waals surface area contributed by atoms with Crippen LogP contribution in [0.25, 0.3) is 5.69 Å². The first-order valence-corrected chi connectivity index (χ1v) is 5.81. The quantitative estimate of drug-likeness (QED) is 0.798. The Balaban J connectivity index is 2.76. The second kappa shape index (κ2) is 4.41. The molecule has 1 aromatic carbocycles. The van der Waals surface area contributed by atoms with Crippen molar-refractivity contribution in [1.29, 1.82) is 0 Å². The Hall–Kier alpha value is -1.49. The van der Waals surface area contributed by atoms with Gasteiger partial charge in [0, 0.05) is 5.56 Å². The molecule has 3 nitrogen and oxygen atoms in total. The van der Waals surface area contributed by atoms with Crippen LogP contribution in [0.4, 0.5) is 4.39 Å². The second-order valence-electron chi connectivity index (χ2n) is 3.69. The van der Waals surface area contributed by atoms with Gasteiger partial charge in [-0.1, -0.05) is 6.07 Å². The monoisotopic (exact) mass is 296 g/mol. The maximum absolute atomic E-state index is 13.8. The predicted molar refractivity (Wildman–Crippen MR) is 66.1 cm³/mol. The highest BCUT2D eigenvalue weighted by Gasteiger charge is 2.16. The van der Waals surface area contributed by atoms with Gasteiger partial charge in [0.15, 0.2) is 6.29 Å². The number of hydrogen-bond acceptors (Lipinski definition) is 2. The smallest absolute Gasteiger partial charge is 0.152 e. The number of carbonyl (C=O) groups excluding carboxylic acids is 1. The van der Waals surface area contributed by atoms with Crippen LogP contribution in [0, 0.1) is 19.7 Å². The van der Waals surface area contributed by atoms with Crippen LogP contribution in [0.5, 0.6) is 0 Å². The number of hydrogen-bond donors (Lipinski definition) is 0. The zero-order valence-corrected chi connectivity index (χ0v) is 11.0. The maximum Gasteiger partial charge on any atom is 0.152 e. The zero-order chi connectivity index (χ0) is 12.6. The molecule has 0 radical (unpaired) electrons. The largest absolute Gasteiger partial charge is 0.298 e. The number of aromatic nitrogens is 2. The zero-order valence-electron chi connectivity index (χ0n) is 9.37. The second-order valence-corrected chi connectivity index (χ2v) is 4.49. The van der Waals surface area contributed by atoms with Crippen LogP contribution in [-0.2, 0) is 0 Å². The number of nitrogens with zero attached hydrogens (tertiary/aromatic N) is 2. The van der Waals surface area contributed by atoms with Crippen LogP contribution in [-0.4, -0.2) is 16.1 Å². The lowest BCUT2D eigenvalue weighted by Gasteiger charge is -2.08. The molecular weight excluding hydrogens is 287 g/mol. The molecule has 0 unspecified atom stereocenters. The molecule has 0 saturated heterocycles. The van der Waals surface area contributed by atoms with Gasteiger partial charge in [0.2, 0.25) is 0 Å². The Bertz CT molecular complexity index is 592. The van der Waals surface area contributed by atoms with Crippen molar-refractivity contribution in [2.45, 2.75) is 13.8 Å². The number of carbonyl (C=O) groups is 1. The van der Waals surface area contributed by atoms with Crippen LogP contribution in [0.3, 0.4) is 0 Å². The summed E-state index contributed by atoms with van der Waals surface area (Å²) >= 11 is 3.37. The molecule has 88 valence electrons. The fourth-order valence-corrected chi connectivity index (χ4v) is 1.94. The van der Waals surface area contributed by atoms with Crippen LogP contribution in [0.15, 0.2) is 22.7 Å². The van der Waals surface area contributed by atoms with Crippen molar-refractivity contribution in [1.82, 2.24) is 9.78 Å². The SMILES string of the molecule is Cc1nn(-c2c(F)cccc2C=O)c(C)c1Br. The molecule has 5 heteroatoms. The van der Waals surface area contributed by atoms with E-state index in [1.54, 1.807) is 6.07 Å². The molecule has 1 aromatic heterocycles. The Morgan fingerprint density at radius 2 is 2.12 bits per heavy atom. The van der Waals surface area contributed by atoms with Gasteiger partial charge >= 0.3 is 0 Å². The van der Waals surface area contributed by atoms with Crippen LogP contribution in [0.1, 0.15) is 21.7 Å². The van der Waals surface area contributed by atoms with Gasteiger partial charge in [-0.3, -0.25) is 4.79 Å². The van der Waals surface area contributed by atoms with Crippen molar-refractivity contribution in [3.05, 3.63) is 45.4 Å². The lowest BCUT2D eigenvalue weighted by molar-refractivity contribution is 0.112.